The lowest BCUT2D eigenvalue weighted by molar-refractivity contribution is -0.141. The highest BCUT2D eigenvalue weighted by Gasteiger charge is 2.20. The Hall–Kier alpha value is -0.790. The van der Waals surface area contributed by atoms with Crippen LogP contribution in [-0.4, -0.2) is 12.1 Å². The predicted octanol–water partition coefficient (Wildman–Crippen LogP) is 5.13. The molecule has 2 aliphatic rings. The summed E-state index contributed by atoms with van der Waals surface area (Å²) in [5.41, 5.74) is 0. The van der Waals surface area contributed by atoms with Crippen molar-refractivity contribution < 1.29 is 9.53 Å². The van der Waals surface area contributed by atoms with Crippen molar-refractivity contribution in [2.24, 2.45) is 5.92 Å². The number of allylic oxidation sites excluding steroid dienone is 1. The van der Waals surface area contributed by atoms with Gasteiger partial charge in [-0.05, 0) is 25.2 Å². The number of hydrogen-bond donors (Lipinski definition) is 0. The molecule has 0 bridgehead atoms. The fourth-order valence-corrected chi connectivity index (χ4v) is 1.40. The second-order valence-electron chi connectivity index (χ2n) is 4.61. The fourth-order valence-electron chi connectivity index (χ4n) is 1.40. The Morgan fingerprint density at radius 1 is 1.22 bits per heavy atom. The van der Waals surface area contributed by atoms with E-state index in [0.717, 1.165) is 25.2 Å². The maximum absolute atomic E-state index is 10.4. The van der Waals surface area contributed by atoms with Crippen LogP contribution in [0.1, 0.15) is 73.1 Å². The molecule has 2 rings (SSSR count). The van der Waals surface area contributed by atoms with Gasteiger partial charge in [-0.2, -0.15) is 0 Å². The van der Waals surface area contributed by atoms with Crippen molar-refractivity contribution in [1.29, 1.82) is 0 Å². The summed E-state index contributed by atoms with van der Waals surface area (Å²) >= 11 is 0. The van der Waals surface area contributed by atoms with E-state index in [4.69, 9.17) is 4.74 Å². The molecule has 18 heavy (non-hydrogen) atoms. The number of esters is 1. The van der Waals surface area contributed by atoms with E-state index in [-0.39, 0.29) is 19.5 Å². The van der Waals surface area contributed by atoms with E-state index < -0.39 is 0 Å². The van der Waals surface area contributed by atoms with Gasteiger partial charge in [0.2, 0.25) is 0 Å². The Labute approximate surface area is 114 Å². The summed E-state index contributed by atoms with van der Waals surface area (Å²) in [6.07, 6.45) is 10.1. The Balaban J connectivity index is 0. The summed E-state index contributed by atoms with van der Waals surface area (Å²) < 4.78 is 4.87. The summed E-state index contributed by atoms with van der Waals surface area (Å²) in [6.45, 7) is 9.83. The van der Waals surface area contributed by atoms with Crippen LogP contribution in [0.2, 0.25) is 0 Å². The summed E-state index contributed by atoms with van der Waals surface area (Å²) in [7, 11) is 0. The van der Waals surface area contributed by atoms with Gasteiger partial charge in [0.1, 0.15) is 6.10 Å². The molecule has 1 unspecified atom stereocenters. The third-order valence-corrected chi connectivity index (χ3v) is 2.99. The average molecular weight is 256 g/mol. The monoisotopic (exact) mass is 256 g/mol. The van der Waals surface area contributed by atoms with E-state index in [1.165, 1.54) is 19.3 Å². The molecule has 0 radical (unpaired) electrons. The van der Waals surface area contributed by atoms with Gasteiger partial charge >= 0.3 is 5.97 Å². The molecule has 0 amide bonds. The van der Waals surface area contributed by atoms with Crippen molar-refractivity contribution in [3.63, 3.8) is 0 Å². The number of ether oxygens (including phenoxy) is 1. The van der Waals surface area contributed by atoms with Gasteiger partial charge in [-0.1, -0.05) is 53.5 Å². The number of cyclic esters (lactones) is 1. The second kappa shape index (κ2) is 12.7. The van der Waals surface area contributed by atoms with Crippen molar-refractivity contribution in [3.8, 4) is 0 Å². The summed E-state index contributed by atoms with van der Waals surface area (Å²) in [4.78, 5) is 10.4. The third-order valence-electron chi connectivity index (χ3n) is 2.99. The molecule has 1 aliphatic heterocycles. The summed E-state index contributed by atoms with van der Waals surface area (Å²) in [6, 6.07) is 0. The number of carbonyl (C=O) groups is 1. The van der Waals surface area contributed by atoms with Crippen LogP contribution in [0.5, 0.6) is 0 Å². The normalized spacial score (nSPS) is 20.4. The topological polar surface area (TPSA) is 26.3 Å². The molecule has 108 valence electrons. The van der Waals surface area contributed by atoms with Gasteiger partial charge < -0.3 is 4.74 Å². The minimum absolute atomic E-state index is 0. The quantitative estimate of drug-likeness (QED) is 0.517. The zero-order chi connectivity index (χ0) is 13.1. The molecule has 1 atom stereocenters. The minimum Gasteiger partial charge on any atom is -0.462 e. The van der Waals surface area contributed by atoms with Gasteiger partial charge in [0.25, 0.3) is 0 Å². The van der Waals surface area contributed by atoms with Crippen molar-refractivity contribution in [2.75, 3.05) is 0 Å². The standard InChI is InChI=1S/C6H10O2.C5H10.C4H8.CH4/c1-2-5-3-4-6(7)8-5;1-2-5-3-4-5;1-3-4-2;/h5H,2-4H2,1H3;5H,2-4H2,1H3;3H,1,4H2,2H3;1H4. The van der Waals surface area contributed by atoms with Crippen molar-refractivity contribution >= 4 is 5.97 Å². The zero-order valence-corrected chi connectivity index (χ0v) is 11.7. The van der Waals surface area contributed by atoms with E-state index in [9.17, 15) is 4.79 Å². The van der Waals surface area contributed by atoms with Crippen molar-refractivity contribution in [1.82, 2.24) is 0 Å². The predicted molar refractivity (Wildman–Crippen MR) is 79.6 cm³/mol. The molecular formula is C16H32O2. The minimum atomic E-state index is -0.0307. The Bertz CT molecular complexity index is 207. The largest absolute Gasteiger partial charge is 0.462 e. The molecule has 1 aliphatic carbocycles. The van der Waals surface area contributed by atoms with Crippen LogP contribution in [0.25, 0.3) is 0 Å². The molecule has 0 spiro atoms. The molecule has 1 saturated carbocycles. The molecule has 0 aromatic heterocycles. The van der Waals surface area contributed by atoms with Crippen molar-refractivity contribution in [3.05, 3.63) is 12.7 Å². The van der Waals surface area contributed by atoms with Gasteiger partial charge in [-0.25, -0.2) is 0 Å². The maximum atomic E-state index is 10.4. The lowest BCUT2D eigenvalue weighted by Gasteiger charge is -2.01. The lowest BCUT2D eigenvalue weighted by atomic mass is 10.2. The lowest BCUT2D eigenvalue weighted by Crippen LogP contribution is -2.03. The SMILES string of the molecule is C.C=CCC.CCC1CC1.CCC1CCC(=O)O1. The molecule has 2 nitrogen and oxygen atoms in total. The first kappa shape index (κ1) is 19.5. The van der Waals surface area contributed by atoms with Gasteiger partial charge in [0.05, 0.1) is 0 Å². The number of rotatable bonds is 3. The molecule has 0 N–H and O–H groups in total. The first-order valence-corrected chi connectivity index (χ1v) is 6.98. The fraction of sp³-hybridized carbons (Fsp3) is 0.812. The van der Waals surface area contributed by atoms with Crippen LogP contribution in [0.3, 0.4) is 0 Å². The summed E-state index contributed by atoms with van der Waals surface area (Å²) in [5, 5.41) is 0. The molecular weight excluding hydrogens is 224 g/mol. The maximum Gasteiger partial charge on any atom is 0.306 e. The molecule has 2 heteroatoms. The molecule has 0 aromatic carbocycles. The zero-order valence-electron chi connectivity index (χ0n) is 11.7. The van der Waals surface area contributed by atoms with Crippen molar-refractivity contribution in [2.45, 2.75) is 79.2 Å². The highest BCUT2D eigenvalue weighted by atomic mass is 16.5. The first-order valence-electron chi connectivity index (χ1n) is 6.98. The first-order chi connectivity index (χ1) is 8.17. The van der Waals surface area contributed by atoms with E-state index in [1.54, 1.807) is 0 Å². The Morgan fingerprint density at radius 3 is 1.89 bits per heavy atom. The highest BCUT2D eigenvalue weighted by Crippen LogP contribution is 2.31. The Kier molecular flexibility index (Phi) is 13.7. The second-order valence-corrected chi connectivity index (χ2v) is 4.61. The van der Waals surface area contributed by atoms with Gasteiger partial charge in [-0.3, -0.25) is 4.79 Å². The molecule has 0 aromatic rings. The molecule has 1 saturated heterocycles. The van der Waals surface area contributed by atoms with Crippen LogP contribution >= 0.6 is 0 Å². The van der Waals surface area contributed by atoms with Crippen LogP contribution < -0.4 is 0 Å². The van der Waals surface area contributed by atoms with E-state index >= 15 is 0 Å². The number of hydrogen-bond acceptors (Lipinski definition) is 2. The third kappa shape index (κ3) is 11.7. The highest BCUT2D eigenvalue weighted by molar-refractivity contribution is 5.71. The van der Waals surface area contributed by atoms with E-state index in [0.29, 0.717) is 6.42 Å². The van der Waals surface area contributed by atoms with Crippen LogP contribution in [0, 0.1) is 5.92 Å². The van der Waals surface area contributed by atoms with Crippen LogP contribution in [-0.2, 0) is 9.53 Å². The van der Waals surface area contributed by atoms with Gasteiger partial charge in [0, 0.05) is 6.42 Å². The van der Waals surface area contributed by atoms with Gasteiger partial charge in [0.15, 0.2) is 0 Å². The van der Waals surface area contributed by atoms with E-state index in [1.807, 2.05) is 13.0 Å². The smallest absolute Gasteiger partial charge is 0.306 e. The van der Waals surface area contributed by atoms with Crippen LogP contribution in [0.15, 0.2) is 12.7 Å². The van der Waals surface area contributed by atoms with Gasteiger partial charge in [-0.15, -0.1) is 6.58 Å². The average Bonchev–Trinajstić information content (AvgIpc) is 3.12. The number of carbonyl (C=O) groups excluding carboxylic acids is 1. The summed E-state index contributed by atoms with van der Waals surface area (Å²) in [5.74, 6) is 1.10. The molecule has 2 fully saturated rings. The molecule has 1 heterocycles. The van der Waals surface area contributed by atoms with Crippen LogP contribution in [0.4, 0.5) is 0 Å². The Morgan fingerprint density at radius 2 is 1.78 bits per heavy atom. The van der Waals surface area contributed by atoms with E-state index in [2.05, 4.69) is 20.4 Å².